The first-order valence-corrected chi connectivity index (χ1v) is 7.42. The van der Waals surface area contributed by atoms with Crippen LogP contribution >= 0.6 is 0 Å². The molecule has 0 aliphatic carbocycles. The van der Waals surface area contributed by atoms with Crippen molar-refractivity contribution >= 4 is 16.7 Å². The molecule has 0 aromatic heterocycles. The van der Waals surface area contributed by atoms with Crippen LogP contribution in [0.15, 0.2) is 42.5 Å². The minimum Gasteiger partial charge on any atom is -0.484 e. The number of carbonyl (C=O) groups is 1. The van der Waals surface area contributed by atoms with Crippen LogP contribution in [-0.4, -0.2) is 29.5 Å². The van der Waals surface area contributed by atoms with E-state index in [2.05, 4.69) is 6.07 Å². The van der Waals surface area contributed by atoms with E-state index in [-0.39, 0.29) is 24.6 Å². The van der Waals surface area contributed by atoms with Gasteiger partial charge in [0.05, 0.1) is 0 Å². The quantitative estimate of drug-likeness (QED) is 0.834. The molecule has 21 heavy (non-hydrogen) atoms. The number of fused-ring (bicyclic) bond motifs is 1. The topological polar surface area (TPSA) is 29.5 Å². The average molecular weight is 285 g/mol. The van der Waals surface area contributed by atoms with Gasteiger partial charge in [-0.25, -0.2) is 0 Å². The molecule has 0 atom stereocenters. The molecule has 0 bridgehead atoms. The molecule has 0 aliphatic rings. The lowest BCUT2D eigenvalue weighted by Gasteiger charge is -2.30. The first-order chi connectivity index (χ1) is 9.99. The van der Waals surface area contributed by atoms with Gasteiger partial charge in [0.1, 0.15) is 5.75 Å². The van der Waals surface area contributed by atoms with E-state index in [4.69, 9.17) is 4.74 Å². The maximum Gasteiger partial charge on any atom is 0.260 e. The number of nitrogens with zero attached hydrogens (tertiary/aromatic N) is 1. The Morgan fingerprint density at radius 1 is 1.00 bits per heavy atom. The highest BCUT2D eigenvalue weighted by Gasteiger charge is 2.20. The van der Waals surface area contributed by atoms with Crippen molar-refractivity contribution in [2.45, 2.75) is 39.8 Å². The Kier molecular flexibility index (Phi) is 4.84. The van der Waals surface area contributed by atoms with Gasteiger partial charge in [0.25, 0.3) is 5.91 Å². The highest BCUT2D eigenvalue weighted by molar-refractivity contribution is 5.84. The molecule has 0 radical (unpaired) electrons. The van der Waals surface area contributed by atoms with E-state index in [1.54, 1.807) is 0 Å². The molecule has 0 heterocycles. The third-order valence-electron chi connectivity index (χ3n) is 3.48. The van der Waals surface area contributed by atoms with Crippen molar-refractivity contribution in [2.75, 3.05) is 6.61 Å². The zero-order valence-electron chi connectivity index (χ0n) is 13.2. The van der Waals surface area contributed by atoms with E-state index in [0.29, 0.717) is 0 Å². The Balaban J connectivity index is 2.05. The van der Waals surface area contributed by atoms with Crippen LogP contribution in [0.2, 0.25) is 0 Å². The molecule has 0 saturated carbocycles. The summed E-state index contributed by atoms with van der Waals surface area (Å²) in [5.74, 6) is 0.752. The van der Waals surface area contributed by atoms with E-state index >= 15 is 0 Å². The molecule has 3 nitrogen and oxygen atoms in total. The SMILES string of the molecule is CC(C)N(C(=O)COc1ccc2ccccc2c1)C(C)C. The fraction of sp³-hybridized carbons (Fsp3) is 0.389. The molecule has 0 spiro atoms. The summed E-state index contributed by atoms with van der Waals surface area (Å²) in [5, 5.41) is 2.29. The van der Waals surface area contributed by atoms with Gasteiger partial charge in [-0.15, -0.1) is 0 Å². The van der Waals surface area contributed by atoms with E-state index in [1.807, 2.05) is 69.0 Å². The number of carbonyl (C=O) groups excluding carboxylic acids is 1. The van der Waals surface area contributed by atoms with Gasteiger partial charge >= 0.3 is 0 Å². The van der Waals surface area contributed by atoms with Crippen LogP contribution in [0.1, 0.15) is 27.7 Å². The Hall–Kier alpha value is -2.03. The predicted octanol–water partition coefficient (Wildman–Crippen LogP) is 3.86. The number of hydrogen-bond acceptors (Lipinski definition) is 2. The molecule has 0 N–H and O–H groups in total. The number of hydrogen-bond donors (Lipinski definition) is 0. The lowest BCUT2D eigenvalue weighted by molar-refractivity contribution is -0.136. The first kappa shape index (κ1) is 15.4. The largest absolute Gasteiger partial charge is 0.484 e. The lowest BCUT2D eigenvalue weighted by atomic mass is 10.1. The van der Waals surface area contributed by atoms with Crippen LogP contribution < -0.4 is 4.74 Å². The predicted molar refractivity (Wildman–Crippen MR) is 86.6 cm³/mol. The maximum absolute atomic E-state index is 12.3. The molecular formula is C18H23NO2. The number of rotatable bonds is 5. The number of benzene rings is 2. The molecule has 0 aliphatic heterocycles. The van der Waals surface area contributed by atoms with Crippen LogP contribution in [0.25, 0.3) is 10.8 Å². The van der Waals surface area contributed by atoms with Crippen molar-refractivity contribution in [3.05, 3.63) is 42.5 Å². The molecule has 0 fully saturated rings. The average Bonchev–Trinajstić information content (AvgIpc) is 2.44. The highest BCUT2D eigenvalue weighted by Crippen LogP contribution is 2.20. The summed E-state index contributed by atoms with van der Waals surface area (Å²) in [7, 11) is 0. The van der Waals surface area contributed by atoms with Crippen molar-refractivity contribution < 1.29 is 9.53 Å². The van der Waals surface area contributed by atoms with Gasteiger partial charge in [0, 0.05) is 12.1 Å². The van der Waals surface area contributed by atoms with Crippen LogP contribution in [0.3, 0.4) is 0 Å². The molecule has 3 heteroatoms. The van der Waals surface area contributed by atoms with Crippen molar-refractivity contribution in [1.29, 1.82) is 0 Å². The fourth-order valence-corrected chi connectivity index (χ4v) is 2.65. The minimum absolute atomic E-state index is 0.0214. The van der Waals surface area contributed by atoms with E-state index < -0.39 is 0 Å². The molecular weight excluding hydrogens is 262 g/mol. The normalized spacial score (nSPS) is 11.1. The maximum atomic E-state index is 12.3. The second kappa shape index (κ2) is 6.61. The van der Waals surface area contributed by atoms with E-state index in [1.165, 1.54) is 5.39 Å². The van der Waals surface area contributed by atoms with E-state index in [0.717, 1.165) is 11.1 Å². The first-order valence-electron chi connectivity index (χ1n) is 7.42. The summed E-state index contributed by atoms with van der Waals surface area (Å²) in [6.45, 7) is 8.17. The summed E-state index contributed by atoms with van der Waals surface area (Å²) in [6.07, 6.45) is 0. The fourth-order valence-electron chi connectivity index (χ4n) is 2.65. The van der Waals surface area contributed by atoms with Crippen molar-refractivity contribution in [3.63, 3.8) is 0 Å². The Morgan fingerprint density at radius 3 is 2.24 bits per heavy atom. The van der Waals surface area contributed by atoms with Gasteiger partial charge in [-0.2, -0.15) is 0 Å². The Bertz CT molecular complexity index is 611. The minimum atomic E-state index is 0.0214. The summed E-state index contributed by atoms with van der Waals surface area (Å²) in [4.78, 5) is 14.1. The summed E-state index contributed by atoms with van der Waals surface area (Å²) in [6, 6.07) is 14.4. The number of ether oxygens (including phenoxy) is 1. The van der Waals surface area contributed by atoms with Gasteiger partial charge < -0.3 is 9.64 Å². The summed E-state index contributed by atoms with van der Waals surface area (Å²) < 4.78 is 5.67. The van der Waals surface area contributed by atoms with Crippen molar-refractivity contribution in [2.24, 2.45) is 0 Å². The van der Waals surface area contributed by atoms with Gasteiger partial charge in [0.15, 0.2) is 6.61 Å². The molecule has 1 amide bonds. The smallest absolute Gasteiger partial charge is 0.260 e. The molecule has 0 unspecified atom stereocenters. The molecule has 112 valence electrons. The molecule has 0 saturated heterocycles. The van der Waals surface area contributed by atoms with Crippen LogP contribution in [-0.2, 0) is 4.79 Å². The van der Waals surface area contributed by atoms with E-state index in [9.17, 15) is 4.79 Å². The second-order valence-corrected chi connectivity index (χ2v) is 5.79. The zero-order chi connectivity index (χ0) is 15.4. The van der Waals surface area contributed by atoms with Crippen LogP contribution in [0, 0.1) is 0 Å². The van der Waals surface area contributed by atoms with Gasteiger partial charge in [-0.1, -0.05) is 30.3 Å². The number of amides is 1. The third-order valence-corrected chi connectivity index (χ3v) is 3.48. The Morgan fingerprint density at radius 2 is 1.62 bits per heavy atom. The van der Waals surface area contributed by atoms with Crippen molar-refractivity contribution in [3.8, 4) is 5.75 Å². The monoisotopic (exact) mass is 285 g/mol. The Labute approximate surface area is 126 Å². The van der Waals surface area contributed by atoms with Gasteiger partial charge in [0.2, 0.25) is 0 Å². The molecule has 2 aromatic rings. The molecule has 2 rings (SSSR count). The van der Waals surface area contributed by atoms with Gasteiger partial charge in [-0.05, 0) is 50.6 Å². The lowest BCUT2D eigenvalue weighted by Crippen LogP contribution is -2.44. The standard InChI is InChI=1S/C18H23NO2/c1-13(2)19(14(3)4)18(20)12-21-17-10-9-15-7-5-6-8-16(15)11-17/h5-11,13-14H,12H2,1-4H3. The zero-order valence-corrected chi connectivity index (χ0v) is 13.2. The molecule has 2 aromatic carbocycles. The summed E-state index contributed by atoms with van der Waals surface area (Å²) in [5.41, 5.74) is 0. The second-order valence-electron chi connectivity index (χ2n) is 5.79. The van der Waals surface area contributed by atoms with Crippen molar-refractivity contribution in [1.82, 2.24) is 4.90 Å². The van der Waals surface area contributed by atoms with Crippen LogP contribution in [0.4, 0.5) is 0 Å². The summed E-state index contributed by atoms with van der Waals surface area (Å²) >= 11 is 0. The third kappa shape index (κ3) is 3.75. The highest BCUT2D eigenvalue weighted by atomic mass is 16.5. The van der Waals surface area contributed by atoms with Gasteiger partial charge in [-0.3, -0.25) is 4.79 Å². The van der Waals surface area contributed by atoms with Crippen LogP contribution in [0.5, 0.6) is 5.75 Å².